The van der Waals surface area contributed by atoms with Gasteiger partial charge in [-0.2, -0.15) is 5.26 Å². The Morgan fingerprint density at radius 2 is 1.91 bits per heavy atom. The minimum Gasteiger partial charge on any atom is -0.481 e. The van der Waals surface area contributed by atoms with Gasteiger partial charge in [-0.3, -0.25) is 14.2 Å². The number of fused-ring (bicyclic) bond motifs is 1. The smallest absolute Gasteiger partial charge is 0.326 e. The van der Waals surface area contributed by atoms with Gasteiger partial charge in [0, 0.05) is 17.2 Å². The molecular weight excluding hydrogens is 500 g/mol. The molecule has 0 saturated heterocycles. The summed E-state index contributed by atoms with van der Waals surface area (Å²) in [4.78, 5) is 38.6. The van der Waals surface area contributed by atoms with Gasteiger partial charge in [0.1, 0.15) is 10.6 Å². The fourth-order valence-corrected chi connectivity index (χ4v) is 4.48. The number of nitrogens with zero attached hydrogens (tertiary/aromatic N) is 3. The summed E-state index contributed by atoms with van der Waals surface area (Å²) in [5, 5.41) is 31.8. The molecule has 32 heavy (non-hydrogen) atoms. The van der Waals surface area contributed by atoms with Crippen LogP contribution in [0.4, 0.5) is 0 Å². The van der Waals surface area contributed by atoms with Gasteiger partial charge in [0.15, 0.2) is 5.16 Å². The van der Waals surface area contributed by atoms with Crippen LogP contribution in [0.25, 0.3) is 16.5 Å². The summed E-state index contributed by atoms with van der Waals surface area (Å²) in [6.45, 7) is 0. The molecule has 0 aliphatic rings. The number of carboxylic acid groups (broad SMARTS) is 2. The number of hydrogen-bond donors (Lipinski definition) is 3. The number of thioether (sulfide) groups is 1. The number of rotatable bonds is 9. The summed E-state index contributed by atoms with van der Waals surface area (Å²) >= 11 is 4.57. The van der Waals surface area contributed by atoms with Crippen LogP contribution in [0.15, 0.2) is 52.4 Å². The Morgan fingerprint density at radius 1 is 1.19 bits per heavy atom. The Bertz CT molecular complexity index is 1240. The predicted octanol–water partition coefficient (Wildman–Crippen LogP) is 3.19. The lowest BCUT2D eigenvalue weighted by molar-refractivity contribution is -0.142. The van der Waals surface area contributed by atoms with Crippen molar-refractivity contribution in [1.82, 2.24) is 14.9 Å². The van der Waals surface area contributed by atoms with Crippen LogP contribution in [-0.2, 0) is 14.4 Å². The minimum atomic E-state index is -1.29. The first kappa shape index (κ1) is 23.3. The van der Waals surface area contributed by atoms with E-state index in [1.165, 1.54) is 0 Å². The average molecular weight is 517 g/mol. The van der Waals surface area contributed by atoms with Gasteiger partial charge < -0.3 is 15.5 Å². The van der Waals surface area contributed by atoms with Crippen LogP contribution in [0.3, 0.4) is 0 Å². The third-order valence-electron chi connectivity index (χ3n) is 4.56. The zero-order valence-corrected chi connectivity index (χ0v) is 18.9. The molecule has 0 aliphatic carbocycles. The number of benzene rings is 2. The van der Waals surface area contributed by atoms with Gasteiger partial charge in [-0.05, 0) is 34.5 Å². The van der Waals surface area contributed by atoms with Crippen molar-refractivity contribution < 1.29 is 24.6 Å². The number of imidazole rings is 1. The molecule has 0 radical (unpaired) electrons. The van der Waals surface area contributed by atoms with Crippen molar-refractivity contribution in [2.75, 3.05) is 5.75 Å². The van der Waals surface area contributed by atoms with Gasteiger partial charge in [-0.15, -0.1) is 0 Å². The average Bonchev–Trinajstić information content (AvgIpc) is 3.14. The van der Waals surface area contributed by atoms with Crippen molar-refractivity contribution in [3.05, 3.63) is 52.8 Å². The van der Waals surface area contributed by atoms with E-state index in [0.717, 1.165) is 28.2 Å². The van der Waals surface area contributed by atoms with Crippen molar-refractivity contribution >= 4 is 56.3 Å². The van der Waals surface area contributed by atoms with Crippen molar-refractivity contribution in [2.45, 2.75) is 24.0 Å². The molecule has 3 aromatic rings. The number of carboxylic acids is 2. The van der Waals surface area contributed by atoms with Gasteiger partial charge in [0.2, 0.25) is 5.91 Å². The van der Waals surface area contributed by atoms with Crippen LogP contribution in [0.5, 0.6) is 0 Å². The van der Waals surface area contributed by atoms with Gasteiger partial charge in [0.05, 0.1) is 29.3 Å². The number of amides is 1. The Balaban J connectivity index is 1.81. The molecule has 2 aromatic carbocycles. The standard InChI is InChI=1S/C21H17BrN4O5S/c22-17-10-24-21(32-11-18(27)25-15(20(30)31)6-8-19(28)29)26(17)16-7-5-12(9-23)13-3-1-2-4-14(13)16/h1-5,7,10,15H,6,8,11H2,(H,25,27)(H,28,29)(H,30,31). The normalized spacial score (nSPS) is 11.6. The highest BCUT2D eigenvalue weighted by molar-refractivity contribution is 9.10. The van der Waals surface area contributed by atoms with Crippen molar-refractivity contribution in [3.8, 4) is 11.8 Å². The second-order valence-electron chi connectivity index (χ2n) is 6.67. The molecule has 1 amide bonds. The summed E-state index contributed by atoms with van der Waals surface area (Å²) < 4.78 is 2.43. The lowest BCUT2D eigenvalue weighted by Gasteiger charge is -2.15. The maximum atomic E-state index is 12.3. The summed E-state index contributed by atoms with van der Waals surface area (Å²) in [5.41, 5.74) is 1.30. The number of nitriles is 1. The second kappa shape index (κ2) is 10.3. The molecule has 0 saturated carbocycles. The molecule has 9 nitrogen and oxygen atoms in total. The number of aliphatic carboxylic acids is 2. The minimum absolute atomic E-state index is 0.117. The molecular formula is C21H17BrN4O5S. The summed E-state index contributed by atoms with van der Waals surface area (Å²) in [7, 11) is 0. The van der Waals surface area contributed by atoms with Crippen molar-refractivity contribution in [3.63, 3.8) is 0 Å². The highest BCUT2D eigenvalue weighted by Crippen LogP contribution is 2.32. The molecule has 1 heterocycles. The quantitative estimate of drug-likeness (QED) is 0.367. The Labute approximate surface area is 195 Å². The molecule has 0 bridgehead atoms. The van der Waals surface area contributed by atoms with Crippen molar-refractivity contribution in [1.29, 1.82) is 5.26 Å². The molecule has 1 aromatic heterocycles. The number of aromatic nitrogens is 2. The van der Waals surface area contributed by atoms with Crippen LogP contribution in [-0.4, -0.2) is 49.4 Å². The first-order valence-corrected chi connectivity index (χ1v) is 11.1. The zero-order valence-electron chi connectivity index (χ0n) is 16.5. The summed E-state index contributed by atoms with van der Waals surface area (Å²) in [6.07, 6.45) is 1.01. The van der Waals surface area contributed by atoms with E-state index in [1.807, 2.05) is 24.3 Å². The Hall–Kier alpha value is -3.36. The molecule has 164 valence electrons. The third kappa shape index (κ3) is 5.27. The van der Waals surface area contributed by atoms with Crippen molar-refractivity contribution in [2.24, 2.45) is 0 Å². The summed E-state index contributed by atoms with van der Waals surface area (Å²) in [5.74, 6) is -3.10. The fraction of sp³-hybridized carbons (Fsp3) is 0.190. The molecule has 11 heteroatoms. The first-order valence-electron chi connectivity index (χ1n) is 9.34. The van der Waals surface area contributed by atoms with E-state index in [2.05, 4.69) is 32.3 Å². The van der Waals surface area contributed by atoms with E-state index in [1.54, 1.807) is 22.9 Å². The molecule has 1 atom stereocenters. The van der Waals surface area contributed by atoms with Gasteiger partial charge in [-0.1, -0.05) is 36.0 Å². The van der Waals surface area contributed by atoms with E-state index < -0.39 is 23.9 Å². The molecule has 3 N–H and O–H groups in total. The zero-order chi connectivity index (χ0) is 23.3. The van der Waals surface area contributed by atoms with Crippen LogP contribution >= 0.6 is 27.7 Å². The number of hydrogen-bond acceptors (Lipinski definition) is 6. The highest BCUT2D eigenvalue weighted by atomic mass is 79.9. The molecule has 3 rings (SSSR count). The van der Waals surface area contributed by atoms with Crippen LogP contribution < -0.4 is 5.32 Å². The number of nitrogens with one attached hydrogen (secondary N) is 1. The highest BCUT2D eigenvalue weighted by Gasteiger charge is 2.22. The third-order valence-corrected chi connectivity index (χ3v) is 6.07. The lowest BCUT2D eigenvalue weighted by atomic mass is 10.0. The van der Waals surface area contributed by atoms with E-state index >= 15 is 0 Å². The van der Waals surface area contributed by atoms with Gasteiger partial charge >= 0.3 is 11.9 Å². The molecule has 0 fully saturated rings. The SMILES string of the molecule is N#Cc1ccc(-n2c(Br)cnc2SCC(=O)NC(CCC(=O)O)C(=O)O)c2ccccc12. The molecule has 1 unspecified atom stereocenters. The number of halogens is 1. The maximum absolute atomic E-state index is 12.3. The van der Waals surface area contributed by atoms with E-state index in [0.29, 0.717) is 15.3 Å². The number of carbonyl (C=O) groups is 3. The van der Waals surface area contributed by atoms with Crippen LogP contribution in [0.2, 0.25) is 0 Å². The Kier molecular flexibility index (Phi) is 7.50. The van der Waals surface area contributed by atoms with Crippen LogP contribution in [0.1, 0.15) is 18.4 Å². The van der Waals surface area contributed by atoms with E-state index in [9.17, 15) is 24.8 Å². The lowest BCUT2D eigenvalue weighted by Crippen LogP contribution is -2.42. The molecule has 0 spiro atoms. The Morgan fingerprint density at radius 3 is 2.56 bits per heavy atom. The monoisotopic (exact) mass is 516 g/mol. The van der Waals surface area contributed by atoms with E-state index in [4.69, 9.17) is 5.11 Å². The fourth-order valence-electron chi connectivity index (χ4n) is 3.10. The largest absolute Gasteiger partial charge is 0.481 e. The van der Waals surface area contributed by atoms with Crippen LogP contribution in [0, 0.1) is 11.3 Å². The first-order chi connectivity index (χ1) is 15.3. The van der Waals surface area contributed by atoms with Gasteiger partial charge in [-0.25, -0.2) is 9.78 Å². The van der Waals surface area contributed by atoms with E-state index in [-0.39, 0.29) is 18.6 Å². The summed E-state index contributed by atoms with van der Waals surface area (Å²) in [6, 6.07) is 11.9. The predicted molar refractivity (Wildman–Crippen MR) is 121 cm³/mol. The topological polar surface area (TPSA) is 145 Å². The molecule has 0 aliphatic heterocycles. The second-order valence-corrected chi connectivity index (χ2v) is 8.42. The van der Waals surface area contributed by atoms with Gasteiger partial charge in [0.25, 0.3) is 0 Å². The maximum Gasteiger partial charge on any atom is 0.326 e. The number of carbonyl (C=O) groups excluding carboxylic acids is 1.